The molecule has 0 heterocycles. The number of anilines is 1. The molecule has 3 heteroatoms. The van der Waals surface area contributed by atoms with E-state index in [0.29, 0.717) is 22.7 Å². The van der Waals surface area contributed by atoms with Gasteiger partial charge in [0.15, 0.2) is 5.78 Å². The van der Waals surface area contributed by atoms with Crippen molar-refractivity contribution < 1.29 is 4.79 Å². The molecule has 0 atom stereocenters. The Morgan fingerprint density at radius 1 is 1.12 bits per heavy atom. The average Bonchev–Trinajstić information content (AvgIpc) is 2.29. The highest BCUT2D eigenvalue weighted by Crippen LogP contribution is 2.18. The summed E-state index contributed by atoms with van der Waals surface area (Å²) in [6.07, 6.45) is 0.362. The summed E-state index contributed by atoms with van der Waals surface area (Å²) in [7, 11) is 0. The fourth-order valence-corrected chi connectivity index (χ4v) is 1.90. The first-order chi connectivity index (χ1) is 8.15. The van der Waals surface area contributed by atoms with E-state index >= 15 is 0 Å². The van der Waals surface area contributed by atoms with Crippen molar-refractivity contribution in [1.29, 1.82) is 0 Å². The molecule has 0 saturated heterocycles. The third kappa shape index (κ3) is 3.08. The second kappa shape index (κ2) is 5.02. The normalized spacial score (nSPS) is 10.2. The van der Waals surface area contributed by atoms with E-state index in [2.05, 4.69) is 0 Å². The minimum absolute atomic E-state index is 0.0189. The molecule has 86 valence electrons. The van der Waals surface area contributed by atoms with E-state index in [1.807, 2.05) is 30.3 Å². The third-order valence-corrected chi connectivity index (χ3v) is 2.67. The predicted octanol–water partition coefficient (Wildman–Crippen LogP) is 3.35. The molecule has 2 aromatic rings. The first kappa shape index (κ1) is 11.7. The maximum atomic E-state index is 12.0. The van der Waals surface area contributed by atoms with Crippen LogP contribution in [0.3, 0.4) is 0 Å². The van der Waals surface area contributed by atoms with Crippen LogP contribution >= 0.6 is 11.6 Å². The number of Topliss-reactive ketones (excluding diaryl/α,β-unsaturated/α-hetero) is 1. The number of hydrogen-bond donors (Lipinski definition) is 1. The number of hydrogen-bond acceptors (Lipinski definition) is 2. The van der Waals surface area contributed by atoms with Gasteiger partial charge in [-0.2, -0.15) is 0 Å². The van der Waals surface area contributed by atoms with Gasteiger partial charge in [0, 0.05) is 22.7 Å². The number of benzene rings is 2. The van der Waals surface area contributed by atoms with E-state index < -0.39 is 0 Å². The van der Waals surface area contributed by atoms with Gasteiger partial charge in [0.1, 0.15) is 0 Å². The summed E-state index contributed by atoms with van der Waals surface area (Å²) < 4.78 is 0. The first-order valence-corrected chi connectivity index (χ1v) is 5.66. The lowest BCUT2D eigenvalue weighted by molar-refractivity contribution is 0.0993. The Kier molecular flexibility index (Phi) is 3.45. The molecule has 0 aliphatic heterocycles. The largest absolute Gasteiger partial charge is 0.399 e. The maximum absolute atomic E-state index is 12.0. The standard InChI is InChI=1S/C14H12ClNO/c15-12-7-11(8-13(16)9-12)14(17)6-10-4-2-1-3-5-10/h1-5,7-9H,6,16H2. The molecule has 2 aromatic carbocycles. The summed E-state index contributed by atoms with van der Waals surface area (Å²) in [5.41, 5.74) is 7.70. The van der Waals surface area contributed by atoms with E-state index in [1.54, 1.807) is 18.2 Å². The molecular formula is C14H12ClNO. The van der Waals surface area contributed by atoms with Crippen LogP contribution < -0.4 is 5.73 Å². The summed E-state index contributed by atoms with van der Waals surface area (Å²) in [6.45, 7) is 0. The lowest BCUT2D eigenvalue weighted by Gasteiger charge is -2.03. The van der Waals surface area contributed by atoms with Gasteiger partial charge in [-0.1, -0.05) is 41.9 Å². The zero-order valence-corrected chi connectivity index (χ0v) is 9.95. The number of nitrogens with two attached hydrogens (primary N) is 1. The van der Waals surface area contributed by atoms with E-state index in [-0.39, 0.29) is 5.78 Å². The zero-order valence-electron chi connectivity index (χ0n) is 9.19. The molecule has 0 bridgehead atoms. The SMILES string of the molecule is Nc1cc(Cl)cc(C(=O)Cc2ccccc2)c1. The molecule has 17 heavy (non-hydrogen) atoms. The van der Waals surface area contributed by atoms with Gasteiger partial charge >= 0.3 is 0 Å². The Hall–Kier alpha value is -1.80. The van der Waals surface area contributed by atoms with E-state index in [0.717, 1.165) is 5.56 Å². The molecule has 0 spiro atoms. The van der Waals surface area contributed by atoms with Crippen molar-refractivity contribution in [2.45, 2.75) is 6.42 Å². The molecule has 2 N–H and O–H groups in total. The van der Waals surface area contributed by atoms with Crippen LogP contribution in [0.5, 0.6) is 0 Å². The van der Waals surface area contributed by atoms with Gasteiger partial charge in [0.05, 0.1) is 0 Å². The monoisotopic (exact) mass is 245 g/mol. The van der Waals surface area contributed by atoms with Crippen molar-refractivity contribution in [3.8, 4) is 0 Å². The summed E-state index contributed by atoms with van der Waals surface area (Å²) in [5, 5.41) is 0.487. The quantitative estimate of drug-likeness (QED) is 0.666. The Labute approximate surface area is 105 Å². The van der Waals surface area contributed by atoms with Crippen LogP contribution in [-0.2, 0) is 6.42 Å². The Morgan fingerprint density at radius 3 is 2.47 bits per heavy atom. The zero-order chi connectivity index (χ0) is 12.3. The van der Waals surface area contributed by atoms with Crippen molar-refractivity contribution in [2.75, 3.05) is 5.73 Å². The molecule has 0 aliphatic rings. The van der Waals surface area contributed by atoms with Crippen molar-refractivity contribution in [1.82, 2.24) is 0 Å². The topological polar surface area (TPSA) is 43.1 Å². The summed E-state index contributed by atoms with van der Waals surface area (Å²) in [4.78, 5) is 12.0. The van der Waals surface area contributed by atoms with Crippen molar-refractivity contribution in [2.24, 2.45) is 0 Å². The van der Waals surface area contributed by atoms with Crippen molar-refractivity contribution in [3.05, 3.63) is 64.7 Å². The molecule has 0 radical (unpaired) electrons. The minimum Gasteiger partial charge on any atom is -0.399 e. The van der Waals surface area contributed by atoms with E-state index in [9.17, 15) is 4.79 Å². The molecule has 0 aliphatic carbocycles. The summed E-state index contributed by atoms with van der Waals surface area (Å²) >= 11 is 5.86. The number of ketones is 1. The minimum atomic E-state index is 0.0189. The molecule has 0 aromatic heterocycles. The van der Waals surface area contributed by atoms with Gasteiger partial charge in [0.25, 0.3) is 0 Å². The van der Waals surface area contributed by atoms with Gasteiger partial charge in [-0.05, 0) is 23.8 Å². The van der Waals surface area contributed by atoms with E-state index in [4.69, 9.17) is 17.3 Å². The number of carbonyl (C=O) groups is 1. The lowest BCUT2D eigenvalue weighted by Crippen LogP contribution is -2.04. The van der Waals surface area contributed by atoms with Crippen LogP contribution in [-0.4, -0.2) is 5.78 Å². The summed E-state index contributed by atoms with van der Waals surface area (Å²) in [6, 6.07) is 14.5. The van der Waals surface area contributed by atoms with Gasteiger partial charge in [-0.25, -0.2) is 0 Å². The molecule has 0 saturated carbocycles. The molecule has 2 rings (SSSR count). The fourth-order valence-electron chi connectivity index (χ4n) is 1.66. The Bertz CT molecular complexity index is 517. The molecule has 2 nitrogen and oxygen atoms in total. The highest BCUT2D eigenvalue weighted by molar-refractivity contribution is 6.31. The first-order valence-electron chi connectivity index (χ1n) is 5.28. The van der Waals surface area contributed by atoms with Gasteiger partial charge in [-0.3, -0.25) is 4.79 Å². The second-order valence-corrected chi connectivity index (χ2v) is 4.30. The lowest BCUT2D eigenvalue weighted by atomic mass is 10.0. The number of carbonyl (C=O) groups excluding carboxylic acids is 1. The van der Waals surface area contributed by atoms with Crippen molar-refractivity contribution >= 4 is 23.1 Å². The fraction of sp³-hybridized carbons (Fsp3) is 0.0714. The average molecular weight is 246 g/mol. The number of halogens is 1. The smallest absolute Gasteiger partial charge is 0.167 e. The number of rotatable bonds is 3. The van der Waals surface area contributed by atoms with E-state index in [1.165, 1.54) is 0 Å². The molecule has 0 fully saturated rings. The number of nitrogen functional groups attached to an aromatic ring is 1. The van der Waals surface area contributed by atoms with Gasteiger partial charge < -0.3 is 5.73 Å². The molecular weight excluding hydrogens is 234 g/mol. The van der Waals surface area contributed by atoms with Crippen LogP contribution in [0.25, 0.3) is 0 Å². The van der Waals surface area contributed by atoms with Crippen LogP contribution in [0.2, 0.25) is 5.02 Å². The van der Waals surface area contributed by atoms with Crippen LogP contribution in [0.1, 0.15) is 15.9 Å². The highest BCUT2D eigenvalue weighted by atomic mass is 35.5. The highest BCUT2D eigenvalue weighted by Gasteiger charge is 2.08. The summed E-state index contributed by atoms with van der Waals surface area (Å²) in [5.74, 6) is 0.0189. The molecule has 0 amide bonds. The third-order valence-electron chi connectivity index (χ3n) is 2.45. The Morgan fingerprint density at radius 2 is 1.82 bits per heavy atom. The van der Waals surface area contributed by atoms with Crippen LogP contribution in [0.4, 0.5) is 5.69 Å². The van der Waals surface area contributed by atoms with Gasteiger partial charge in [0.2, 0.25) is 0 Å². The Balaban J connectivity index is 2.20. The van der Waals surface area contributed by atoms with Crippen LogP contribution in [0, 0.1) is 0 Å². The maximum Gasteiger partial charge on any atom is 0.167 e. The predicted molar refractivity (Wildman–Crippen MR) is 70.3 cm³/mol. The molecule has 0 unspecified atom stereocenters. The second-order valence-electron chi connectivity index (χ2n) is 3.86. The van der Waals surface area contributed by atoms with Crippen LogP contribution in [0.15, 0.2) is 48.5 Å². The van der Waals surface area contributed by atoms with Gasteiger partial charge in [-0.15, -0.1) is 0 Å². The van der Waals surface area contributed by atoms with Crippen molar-refractivity contribution in [3.63, 3.8) is 0 Å².